The van der Waals surface area contributed by atoms with Crippen molar-refractivity contribution in [2.24, 2.45) is 0 Å². The summed E-state index contributed by atoms with van der Waals surface area (Å²) in [7, 11) is 0. The van der Waals surface area contributed by atoms with Crippen molar-refractivity contribution in [3.63, 3.8) is 0 Å². The summed E-state index contributed by atoms with van der Waals surface area (Å²) in [5, 5.41) is 0.671. The highest BCUT2D eigenvalue weighted by molar-refractivity contribution is 6.31. The molecule has 0 aliphatic heterocycles. The number of halogens is 1. The number of pyridine rings is 2. The third-order valence-corrected chi connectivity index (χ3v) is 3.54. The minimum atomic E-state index is -0.740. The standard InChI is InChI=1S/C16H11ClN4O3/c17-10-3-4-13-11(6-10)14(22)12(8-19-13)16(24)21-20-15(23)9-2-1-5-18-7-9/h1-8H,(H,19,22)(H,20,23)(H,21,24). The first-order valence-electron chi connectivity index (χ1n) is 6.88. The molecule has 0 saturated heterocycles. The molecule has 2 heterocycles. The Labute approximate surface area is 140 Å². The molecule has 0 bridgehead atoms. The number of benzene rings is 1. The van der Waals surface area contributed by atoms with Crippen molar-refractivity contribution in [2.75, 3.05) is 0 Å². The third kappa shape index (κ3) is 3.11. The maximum Gasteiger partial charge on any atom is 0.275 e. The Balaban J connectivity index is 1.80. The lowest BCUT2D eigenvalue weighted by molar-refractivity contribution is 0.0846. The van der Waals surface area contributed by atoms with Crippen LogP contribution in [0.15, 0.2) is 53.7 Å². The molecule has 0 radical (unpaired) electrons. The molecule has 0 atom stereocenters. The normalized spacial score (nSPS) is 10.4. The van der Waals surface area contributed by atoms with Gasteiger partial charge in [-0.15, -0.1) is 0 Å². The Morgan fingerprint density at radius 1 is 1.12 bits per heavy atom. The first-order valence-corrected chi connectivity index (χ1v) is 7.26. The van der Waals surface area contributed by atoms with E-state index in [1.54, 1.807) is 24.3 Å². The maximum atomic E-state index is 12.4. The lowest BCUT2D eigenvalue weighted by Gasteiger charge is -2.07. The second kappa shape index (κ2) is 6.51. The van der Waals surface area contributed by atoms with Gasteiger partial charge in [0.15, 0.2) is 0 Å². The summed E-state index contributed by atoms with van der Waals surface area (Å²) in [6.45, 7) is 0. The topological polar surface area (TPSA) is 104 Å². The van der Waals surface area contributed by atoms with Gasteiger partial charge >= 0.3 is 0 Å². The van der Waals surface area contributed by atoms with E-state index >= 15 is 0 Å². The van der Waals surface area contributed by atoms with Crippen LogP contribution in [0.4, 0.5) is 0 Å². The van der Waals surface area contributed by atoms with Crippen LogP contribution in [0.25, 0.3) is 10.9 Å². The van der Waals surface area contributed by atoms with E-state index in [2.05, 4.69) is 20.8 Å². The van der Waals surface area contributed by atoms with Gasteiger partial charge in [0, 0.05) is 34.5 Å². The van der Waals surface area contributed by atoms with E-state index in [4.69, 9.17) is 11.6 Å². The summed E-state index contributed by atoms with van der Waals surface area (Å²) < 4.78 is 0. The number of hydrogen-bond donors (Lipinski definition) is 3. The number of nitrogens with zero attached hydrogens (tertiary/aromatic N) is 1. The number of aromatic nitrogens is 2. The number of H-pyrrole nitrogens is 1. The number of aromatic amines is 1. The number of carbonyl (C=O) groups excluding carboxylic acids is 2. The zero-order valence-electron chi connectivity index (χ0n) is 12.2. The number of hydrazine groups is 1. The highest BCUT2D eigenvalue weighted by Crippen LogP contribution is 2.14. The van der Waals surface area contributed by atoms with E-state index in [1.807, 2.05) is 0 Å². The number of fused-ring (bicyclic) bond motifs is 1. The largest absolute Gasteiger partial charge is 0.360 e. The predicted octanol–water partition coefficient (Wildman–Crippen LogP) is 1.65. The van der Waals surface area contributed by atoms with Crippen molar-refractivity contribution in [3.05, 3.63) is 75.3 Å². The summed E-state index contributed by atoms with van der Waals surface area (Å²) >= 11 is 5.88. The zero-order valence-corrected chi connectivity index (χ0v) is 12.9. The molecule has 3 N–H and O–H groups in total. The molecule has 8 heteroatoms. The summed E-state index contributed by atoms with van der Waals surface area (Å²) in [6, 6.07) is 7.88. The Morgan fingerprint density at radius 3 is 2.67 bits per heavy atom. The first-order chi connectivity index (χ1) is 11.6. The molecule has 1 aromatic carbocycles. The average Bonchev–Trinajstić information content (AvgIpc) is 2.61. The van der Waals surface area contributed by atoms with Crippen LogP contribution >= 0.6 is 11.6 Å². The second-order valence-electron chi connectivity index (χ2n) is 4.87. The lowest BCUT2D eigenvalue weighted by atomic mass is 10.1. The van der Waals surface area contributed by atoms with Gasteiger partial charge < -0.3 is 4.98 Å². The van der Waals surface area contributed by atoms with Gasteiger partial charge in [0.1, 0.15) is 5.56 Å². The summed E-state index contributed by atoms with van der Waals surface area (Å²) in [5.74, 6) is -1.29. The molecule has 0 aliphatic rings. The maximum absolute atomic E-state index is 12.4. The number of nitrogens with one attached hydrogen (secondary N) is 3. The van der Waals surface area contributed by atoms with Gasteiger partial charge in [-0.2, -0.15) is 0 Å². The number of rotatable bonds is 2. The molecule has 120 valence electrons. The fraction of sp³-hybridized carbons (Fsp3) is 0. The first kappa shape index (κ1) is 15.7. The van der Waals surface area contributed by atoms with Crippen molar-refractivity contribution in [1.29, 1.82) is 0 Å². The minimum absolute atomic E-state index is 0.142. The molecule has 2 amide bonds. The SMILES string of the molecule is O=C(NNC(=O)c1c[nH]c2ccc(Cl)cc2c1=O)c1cccnc1. The van der Waals surface area contributed by atoms with Crippen molar-refractivity contribution in [1.82, 2.24) is 20.8 Å². The van der Waals surface area contributed by atoms with Gasteiger partial charge in [0.25, 0.3) is 11.8 Å². The molecule has 0 aliphatic carbocycles. The van der Waals surface area contributed by atoms with Crippen LogP contribution in [0.5, 0.6) is 0 Å². The molecule has 24 heavy (non-hydrogen) atoms. The fourth-order valence-electron chi connectivity index (χ4n) is 2.11. The van der Waals surface area contributed by atoms with E-state index in [-0.39, 0.29) is 16.5 Å². The van der Waals surface area contributed by atoms with Crippen LogP contribution in [0.3, 0.4) is 0 Å². The van der Waals surface area contributed by atoms with Gasteiger partial charge in [-0.1, -0.05) is 11.6 Å². The predicted molar refractivity (Wildman–Crippen MR) is 88.7 cm³/mol. The molecule has 3 rings (SSSR count). The molecule has 3 aromatic rings. The number of hydrogen-bond acceptors (Lipinski definition) is 4. The Morgan fingerprint density at radius 2 is 1.92 bits per heavy atom. The Bertz CT molecular complexity index is 986. The average molecular weight is 343 g/mol. The van der Waals surface area contributed by atoms with E-state index in [0.717, 1.165) is 0 Å². The van der Waals surface area contributed by atoms with E-state index < -0.39 is 17.2 Å². The van der Waals surface area contributed by atoms with Gasteiger partial charge in [0.05, 0.1) is 5.56 Å². The molecular weight excluding hydrogens is 332 g/mol. The molecule has 0 unspecified atom stereocenters. The van der Waals surface area contributed by atoms with Crippen LogP contribution < -0.4 is 16.3 Å². The van der Waals surface area contributed by atoms with Crippen LogP contribution in [0.2, 0.25) is 5.02 Å². The highest BCUT2D eigenvalue weighted by atomic mass is 35.5. The quantitative estimate of drug-likeness (QED) is 0.616. The van der Waals surface area contributed by atoms with Gasteiger partial charge in [-0.05, 0) is 30.3 Å². The van der Waals surface area contributed by atoms with E-state index in [0.29, 0.717) is 10.5 Å². The van der Waals surface area contributed by atoms with Crippen molar-refractivity contribution < 1.29 is 9.59 Å². The summed E-state index contributed by atoms with van der Waals surface area (Å²) in [6.07, 6.45) is 4.16. The van der Waals surface area contributed by atoms with Crippen LogP contribution in [-0.4, -0.2) is 21.8 Å². The minimum Gasteiger partial charge on any atom is -0.360 e. The van der Waals surface area contributed by atoms with Gasteiger partial charge in [-0.3, -0.25) is 30.2 Å². The Hall–Kier alpha value is -3.19. The zero-order chi connectivity index (χ0) is 17.1. The van der Waals surface area contributed by atoms with Crippen molar-refractivity contribution in [3.8, 4) is 0 Å². The van der Waals surface area contributed by atoms with E-state index in [1.165, 1.54) is 24.7 Å². The summed E-state index contributed by atoms with van der Waals surface area (Å²) in [5.41, 5.74) is 4.63. The molecule has 0 saturated carbocycles. The van der Waals surface area contributed by atoms with Crippen LogP contribution in [-0.2, 0) is 0 Å². The molecule has 2 aromatic heterocycles. The molecule has 7 nitrogen and oxygen atoms in total. The van der Waals surface area contributed by atoms with Crippen molar-refractivity contribution >= 4 is 34.3 Å². The second-order valence-corrected chi connectivity index (χ2v) is 5.31. The smallest absolute Gasteiger partial charge is 0.275 e. The number of amides is 2. The molecule has 0 fully saturated rings. The van der Waals surface area contributed by atoms with Gasteiger partial charge in [0.2, 0.25) is 5.43 Å². The monoisotopic (exact) mass is 342 g/mol. The van der Waals surface area contributed by atoms with Crippen molar-refractivity contribution in [2.45, 2.75) is 0 Å². The lowest BCUT2D eigenvalue weighted by Crippen LogP contribution is -2.43. The number of carbonyl (C=O) groups is 2. The Kier molecular flexibility index (Phi) is 4.26. The summed E-state index contributed by atoms with van der Waals surface area (Å²) in [4.78, 5) is 43.0. The van der Waals surface area contributed by atoms with Gasteiger partial charge in [-0.25, -0.2) is 0 Å². The highest BCUT2D eigenvalue weighted by Gasteiger charge is 2.14. The molecule has 0 spiro atoms. The van der Waals surface area contributed by atoms with E-state index in [9.17, 15) is 14.4 Å². The van der Waals surface area contributed by atoms with Crippen LogP contribution in [0.1, 0.15) is 20.7 Å². The fourth-order valence-corrected chi connectivity index (χ4v) is 2.28. The molecular formula is C16H11ClN4O3. The van der Waals surface area contributed by atoms with Crippen LogP contribution in [0, 0.1) is 0 Å². The third-order valence-electron chi connectivity index (χ3n) is 3.30.